The number of rotatable bonds is 5. The van der Waals surface area contributed by atoms with Crippen LogP contribution in [0.5, 0.6) is 5.75 Å². The second-order valence-electron chi connectivity index (χ2n) is 7.37. The fourth-order valence-corrected chi connectivity index (χ4v) is 4.80. The number of ether oxygens (including phenoxy) is 1. The van der Waals surface area contributed by atoms with E-state index in [2.05, 4.69) is 17.1 Å². The van der Waals surface area contributed by atoms with Crippen LogP contribution in [0.3, 0.4) is 0 Å². The molecule has 4 nitrogen and oxygen atoms in total. The van der Waals surface area contributed by atoms with Crippen molar-refractivity contribution in [3.05, 3.63) is 66.9 Å². The Hall–Kier alpha value is -2.53. The molecule has 4 rings (SSSR count). The molecule has 0 atom stereocenters. The molecule has 0 unspecified atom stereocenters. The number of nitrogens with two attached hydrogens (primary N) is 1. The molecular weight excluding hydrogens is 380 g/mol. The van der Waals surface area contributed by atoms with Crippen molar-refractivity contribution in [1.82, 2.24) is 4.98 Å². The maximum Gasteiger partial charge on any atom is 0.224 e. The zero-order valence-corrected chi connectivity index (χ0v) is 17.7. The molecule has 0 saturated heterocycles. The topological polar surface area (TPSA) is 65.2 Å². The fourth-order valence-electron chi connectivity index (χ4n) is 3.60. The number of hydrogen-bond donors (Lipinski definition) is 1. The van der Waals surface area contributed by atoms with Crippen molar-refractivity contribution in [2.45, 2.75) is 37.0 Å². The lowest BCUT2D eigenvalue weighted by molar-refractivity contribution is -0.128. The number of methoxy groups -OCH3 is 1. The lowest BCUT2D eigenvalue weighted by atomic mass is 9.75. The van der Waals surface area contributed by atoms with Crippen molar-refractivity contribution in [3.63, 3.8) is 0 Å². The van der Waals surface area contributed by atoms with Crippen LogP contribution in [0, 0.1) is 5.41 Å². The predicted octanol–water partition coefficient (Wildman–Crippen LogP) is 5.46. The van der Waals surface area contributed by atoms with Crippen molar-refractivity contribution in [1.29, 1.82) is 0 Å². The molecule has 0 spiro atoms. The summed E-state index contributed by atoms with van der Waals surface area (Å²) in [4.78, 5) is 17.1. The van der Waals surface area contributed by atoms with E-state index in [1.807, 2.05) is 54.7 Å². The van der Waals surface area contributed by atoms with Gasteiger partial charge in [0.1, 0.15) is 5.75 Å². The van der Waals surface area contributed by atoms with Crippen LogP contribution >= 0.6 is 11.8 Å². The van der Waals surface area contributed by atoms with Crippen LogP contribution in [0.1, 0.15) is 32.1 Å². The van der Waals surface area contributed by atoms with E-state index in [1.165, 1.54) is 11.8 Å². The Morgan fingerprint density at radius 3 is 2.38 bits per heavy atom. The lowest BCUT2D eigenvalue weighted by Gasteiger charge is -2.33. The molecule has 1 aliphatic carbocycles. The fraction of sp³-hybridized carbons (Fsp3) is 0.333. The minimum atomic E-state index is -0.303. The Balaban J connectivity index is 0.000000200. The standard InChI is InChI=1S/C15H21NO2S.C9H7N/c1-18-12-5-7-13(8-6-12)19-11-15(14(16)17)9-3-2-4-10-15;1-2-6-9-8(4-1)5-3-7-10-9/h5-8H,2-4,9-11H2,1H3,(H2,16,17);1-7H. The van der Waals surface area contributed by atoms with Gasteiger partial charge in [-0.15, -0.1) is 11.8 Å². The number of amides is 1. The molecule has 29 heavy (non-hydrogen) atoms. The van der Waals surface area contributed by atoms with E-state index < -0.39 is 0 Å². The Bertz CT molecular complexity index is 856. The third-order valence-electron chi connectivity index (χ3n) is 5.42. The van der Waals surface area contributed by atoms with Crippen molar-refractivity contribution >= 4 is 28.6 Å². The molecule has 1 aromatic heterocycles. The first-order valence-electron chi connectivity index (χ1n) is 9.99. The van der Waals surface area contributed by atoms with Gasteiger partial charge < -0.3 is 10.5 Å². The van der Waals surface area contributed by atoms with Crippen LogP contribution in [-0.2, 0) is 4.79 Å². The van der Waals surface area contributed by atoms with E-state index in [0.29, 0.717) is 0 Å². The van der Waals surface area contributed by atoms with E-state index >= 15 is 0 Å². The first-order valence-corrected chi connectivity index (χ1v) is 11.0. The van der Waals surface area contributed by atoms with Gasteiger partial charge in [-0.05, 0) is 49.2 Å². The van der Waals surface area contributed by atoms with Crippen molar-refractivity contribution in [2.75, 3.05) is 12.9 Å². The number of para-hydroxylation sites is 1. The summed E-state index contributed by atoms with van der Waals surface area (Å²) in [6.45, 7) is 0. The summed E-state index contributed by atoms with van der Waals surface area (Å²) in [6.07, 6.45) is 7.14. The SMILES string of the molecule is COc1ccc(SCC2(C(N)=O)CCCCC2)cc1.c1ccc2ncccc2c1. The molecule has 0 bridgehead atoms. The highest BCUT2D eigenvalue weighted by Gasteiger charge is 2.37. The Morgan fingerprint density at radius 1 is 1.03 bits per heavy atom. The highest BCUT2D eigenvalue weighted by atomic mass is 32.2. The maximum atomic E-state index is 11.8. The van der Waals surface area contributed by atoms with Gasteiger partial charge in [0.25, 0.3) is 0 Å². The molecule has 2 N–H and O–H groups in total. The number of pyridine rings is 1. The van der Waals surface area contributed by atoms with Crippen LogP contribution in [-0.4, -0.2) is 23.8 Å². The van der Waals surface area contributed by atoms with Gasteiger partial charge in [0.15, 0.2) is 0 Å². The average molecular weight is 409 g/mol. The normalized spacial score (nSPS) is 15.2. The van der Waals surface area contributed by atoms with Crippen molar-refractivity contribution in [3.8, 4) is 5.75 Å². The molecule has 0 aliphatic heterocycles. The van der Waals surface area contributed by atoms with Gasteiger partial charge in [0, 0.05) is 22.2 Å². The number of thioether (sulfide) groups is 1. The lowest BCUT2D eigenvalue weighted by Crippen LogP contribution is -2.40. The van der Waals surface area contributed by atoms with Crippen LogP contribution in [0.2, 0.25) is 0 Å². The zero-order chi connectivity index (χ0) is 20.5. The third kappa shape index (κ3) is 5.73. The predicted molar refractivity (Wildman–Crippen MR) is 120 cm³/mol. The van der Waals surface area contributed by atoms with Crippen molar-refractivity contribution < 1.29 is 9.53 Å². The zero-order valence-electron chi connectivity index (χ0n) is 16.8. The van der Waals surface area contributed by atoms with E-state index in [4.69, 9.17) is 10.5 Å². The second-order valence-corrected chi connectivity index (χ2v) is 8.41. The Labute approximate surface area is 176 Å². The molecule has 2 aromatic carbocycles. The first kappa shape index (κ1) is 21.2. The maximum absolute atomic E-state index is 11.8. The number of benzene rings is 2. The molecule has 5 heteroatoms. The summed E-state index contributed by atoms with van der Waals surface area (Å²) in [5.41, 5.74) is 6.40. The van der Waals surface area contributed by atoms with Crippen LogP contribution in [0.4, 0.5) is 0 Å². The molecule has 1 aliphatic rings. The van der Waals surface area contributed by atoms with E-state index in [1.54, 1.807) is 18.9 Å². The third-order valence-corrected chi connectivity index (χ3v) is 6.72. The smallest absolute Gasteiger partial charge is 0.224 e. The van der Waals surface area contributed by atoms with E-state index in [9.17, 15) is 4.79 Å². The number of primary amides is 1. The van der Waals surface area contributed by atoms with Crippen LogP contribution in [0.15, 0.2) is 71.8 Å². The molecule has 1 amide bonds. The van der Waals surface area contributed by atoms with Gasteiger partial charge in [0.05, 0.1) is 18.0 Å². The number of nitrogens with zero attached hydrogens (tertiary/aromatic N) is 1. The van der Waals surface area contributed by atoms with Crippen molar-refractivity contribution in [2.24, 2.45) is 11.1 Å². The van der Waals surface area contributed by atoms with Crippen LogP contribution < -0.4 is 10.5 Å². The second kappa shape index (κ2) is 10.3. The summed E-state index contributed by atoms with van der Waals surface area (Å²) in [7, 11) is 1.66. The highest BCUT2D eigenvalue weighted by Crippen LogP contribution is 2.40. The number of fused-ring (bicyclic) bond motifs is 1. The van der Waals surface area contributed by atoms with Gasteiger partial charge in [0.2, 0.25) is 5.91 Å². The van der Waals surface area contributed by atoms with Gasteiger partial charge in [-0.3, -0.25) is 9.78 Å². The van der Waals surface area contributed by atoms with E-state index in [0.717, 1.165) is 47.6 Å². The minimum Gasteiger partial charge on any atom is -0.497 e. The number of aromatic nitrogens is 1. The molecule has 3 aromatic rings. The largest absolute Gasteiger partial charge is 0.497 e. The quantitative estimate of drug-likeness (QED) is 0.570. The number of carbonyl (C=O) groups excluding carboxylic acids is 1. The Morgan fingerprint density at radius 2 is 1.72 bits per heavy atom. The summed E-state index contributed by atoms with van der Waals surface area (Å²) in [5.74, 6) is 1.51. The molecule has 1 heterocycles. The number of carbonyl (C=O) groups is 1. The molecule has 1 saturated carbocycles. The first-order chi connectivity index (χ1) is 14.1. The van der Waals surface area contributed by atoms with E-state index in [-0.39, 0.29) is 11.3 Å². The average Bonchev–Trinajstić information content (AvgIpc) is 2.79. The summed E-state index contributed by atoms with van der Waals surface area (Å²) in [6, 6.07) is 20.0. The monoisotopic (exact) mass is 408 g/mol. The summed E-state index contributed by atoms with van der Waals surface area (Å²) in [5, 5.41) is 1.20. The van der Waals surface area contributed by atoms with Gasteiger partial charge >= 0.3 is 0 Å². The van der Waals surface area contributed by atoms with Gasteiger partial charge in [-0.2, -0.15) is 0 Å². The molecule has 152 valence electrons. The highest BCUT2D eigenvalue weighted by molar-refractivity contribution is 7.99. The molecular formula is C24H28N2O2S. The molecule has 0 radical (unpaired) electrons. The Kier molecular flexibility index (Phi) is 7.53. The molecule has 1 fully saturated rings. The van der Waals surface area contributed by atoms with Gasteiger partial charge in [-0.1, -0.05) is 43.5 Å². The van der Waals surface area contributed by atoms with Gasteiger partial charge in [-0.25, -0.2) is 0 Å². The number of hydrogen-bond acceptors (Lipinski definition) is 4. The van der Waals surface area contributed by atoms with Crippen LogP contribution in [0.25, 0.3) is 10.9 Å². The minimum absolute atomic E-state index is 0.131. The summed E-state index contributed by atoms with van der Waals surface area (Å²) >= 11 is 1.72. The summed E-state index contributed by atoms with van der Waals surface area (Å²) < 4.78 is 5.14.